The Labute approximate surface area is 148 Å². The van der Waals surface area contributed by atoms with Gasteiger partial charge >= 0.3 is 0 Å². The van der Waals surface area contributed by atoms with Gasteiger partial charge in [-0.25, -0.2) is 0 Å². The van der Waals surface area contributed by atoms with Crippen LogP contribution in [0.4, 0.5) is 0 Å². The van der Waals surface area contributed by atoms with Crippen LogP contribution in [0.2, 0.25) is 0 Å². The minimum Gasteiger partial charge on any atom is -0.490 e. The van der Waals surface area contributed by atoms with Crippen molar-refractivity contribution in [3.63, 3.8) is 0 Å². The van der Waals surface area contributed by atoms with Crippen molar-refractivity contribution in [1.29, 1.82) is 0 Å². The fourth-order valence-electron chi connectivity index (χ4n) is 2.41. The molecule has 0 aliphatic heterocycles. The van der Waals surface area contributed by atoms with E-state index >= 15 is 0 Å². The highest BCUT2D eigenvalue weighted by molar-refractivity contribution is 9.10. The highest BCUT2D eigenvalue weighted by Gasteiger charge is 2.15. The number of hydrogen-bond acceptors (Lipinski definition) is 4. The molecular weight excluding hydrogens is 374 g/mol. The molecule has 0 radical (unpaired) electrons. The number of benzene rings is 1. The van der Waals surface area contributed by atoms with Crippen LogP contribution in [0, 0.1) is 0 Å². The molecule has 0 fully saturated rings. The molecule has 3 aromatic rings. The van der Waals surface area contributed by atoms with Crippen LogP contribution < -0.4 is 10.1 Å². The van der Waals surface area contributed by atoms with E-state index in [0.717, 1.165) is 11.1 Å². The number of carbonyl (C=O) groups is 1. The zero-order valence-corrected chi connectivity index (χ0v) is 15.1. The first kappa shape index (κ1) is 16.6. The summed E-state index contributed by atoms with van der Waals surface area (Å²) in [5.41, 5.74) is 1.11. The highest BCUT2D eigenvalue weighted by atomic mass is 79.9. The summed E-state index contributed by atoms with van der Waals surface area (Å²) >= 11 is 3.32. The van der Waals surface area contributed by atoms with E-state index < -0.39 is 0 Å². The number of nitrogens with one attached hydrogen (secondary N) is 1. The lowest BCUT2D eigenvalue weighted by Gasteiger charge is -2.12. The summed E-state index contributed by atoms with van der Waals surface area (Å²) in [5, 5.41) is 3.72. The van der Waals surface area contributed by atoms with Crippen molar-refractivity contribution in [2.75, 3.05) is 6.54 Å². The first-order valence-electron chi connectivity index (χ1n) is 7.73. The van der Waals surface area contributed by atoms with Gasteiger partial charge in [-0.3, -0.25) is 4.79 Å². The quantitative estimate of drug-likeness (QED) is 0.669. The Morgan fingerprint density at radius 3 is 2.88 bits per heavy atom. The van der Waals surface area contributed by atoms with Gasteiger partial charge in [0.2, 0.25) is 0 Å². The maximum Gasteiger partial charge on any atom is 0.251 e. The van der Waals surface area contributed by atoms with Crippen LogP contribution in [0.25, 0.3) is 11.0 Å². The Morgan fingerprint density at radius 2 is 2.17 bits per heavy atom. The molecule has 3 rings (SSSR count). The third-order valence-corrected chi connectivity index (χ3v) is 3.82. The third kappa shape index (κ3) is 3.82. The number of furan rings is 2. The van der Waals surface area contributed by atoms with Gasteiger partial charge < -0.3 is 18.9 Å². The minimum atomic E-state index is -0.176. The van der Waals surface area contributed by atoms with E-state index in [2.05, 4.69) is 21.2 Å². The van der Waals surface area contributed by atoms with Gasteiger partial charge in [-0.1, -0.05) is 0 Å². The second kappa shape index (κ2) is 7.13. The summed E-state index contributed by atoms with van der Waals surface area (Å²) in [5.74, 6) is 1.29. The molecule has 0 saturated heterocycles. The number of carbonyl (C=O) groups excluding carboxylic acids is 1. The third-order valence-electron chi connectivity index (χ3n) is 3.43. The summed E-state index contributed by atoms with van der Waals surface area (Å²) < 4.78 is 17.3. The molecule has 0 saturated carbocycles. The van der Waals surface area contributed by atoms with Crippen LogP contribution in [0.3, 0.4) is 0 Å². The van der Waals surface area contributed by atoms with Gasteiger partial charge in [-0.2, -0.15) is 0 Å². The van der Waals surface area contributed by atoms with Crippen LogP contribution in [0.1, 0.15) is 30.0 Å². The van der Waals surface area contributed by atoms with Gasteiger partial charge in [-0.05, 0) is 54.0 Å². The molecular formula is C18H18BrNO4. The van der Waals surface area contributed by atoms with Crippen molar-refractivity contribution in [3.8, 4) is 5.75 Å². The molecule has 126 valence electrons. The van der Waals surface area contributed by atoms with Gasteiger partial charge in [0, 0.05) is 24.6 Å². The van der Waals surface area contributed by atoms with Gasteiger partial charge in [0.25, 0.3) is 5.91 Å². The lowest BCUT2D eigenvalue weighted by atomic mass is 10.1. The molecule has 0 aliphatic rings. The predicted octanol–water partition coefficient (Wildman–Crippen LogP) is 4.55. The largest absolute Gasteiger partial charge is 0.490 e. The first-order chi connectivity index (χ1) is 11.5. The monoisotopic (exact) mass is 391 g/mol. The molecule has 5 nitrogen and oxygen atoms in total. The van der Waals surface area contributed by atoms with Crippen LogP contribution in [-0.2, 0) is 6.42 Å². The molecule has 1 aromatic carbocycles. The summed E-state index contributed by atoms with van der Waals surface area (Å²) in [4.78, 5) is 12.4. The van der Waals surface area contributed by atoms with Gasteiger partial charge in [-0.15, -0.1) is 0 Å². The highest BCUT2D eigenvalue weighted by Crippen LogP contribution is 2.33. The predicted molar refractivity (Wildman–Crippen MR) is 94.4 cm³/mol. The molecule has 6 heteroatoms. The minimum absolute atomic E-state index is 0.000797. The molecule has 2 aromatic heterocycles. The Bertz CT molecular complexity index is 836. The summed E-state index contributed by atoms with van der Waals surface area (Å²) in [6.07, 6.45) is 2.26. The van der Waals surface area contributed by atoms with Crippen LogP contribution in [0.15, 0.2) is 50.1 Å². The van der Waals surface area contributed by atoms with Crippen molar-refractivity contribution in [2.24, 2.45) is 0 Å². The maximum absolute atomic E-state index is 12.4. The van der Waals surface area contributed by atoms with Crippen molar-refractivity contribution in [1.82, 2.24) is 5.32 Å². The first-order valence-corrected chi connectivity index (χ1v) is 8.52. The van der Waals surface area contributed by atoms with Crippen molar-refractivity contribution in [3.05, 3.63) is 52.6 Å². The molecule has 0 aliphatic carbocycles. The van der Waals surface area contributed by atoms with Crippen LogP contribution in [0.5, 0.6) is 5.75 Å². The SMILES string of the molecule is CC(C)Oc1cc(C(=O)NCCc2ccco2)cc2oc(Br)cc12. The number of amides is 1. The maximum atomic E-state index is 12.4. The van der Waals surface area contributed by atoms with E-state index in [4.69, 9.17) is 13.6 Å². The van der Waals surface area contributed by atoms with E-state index in [1.54, 1.807) is 18.4 Å². The molecule has 2 heterocycles. The van der Waals surface area contributed by atoms with Gasteiger partial charge in [0.05, 0.1) is 17.8 Å². The molecule has 1 N–H and O–H groups in total. The Balaban J connectivity index is 1.78. The smallest absolute Gasteiger partial charge is 0.251 e. The second-order valence-electron chi connectivity index (χ2n) is 5.69. The normalized spacial score (nSPS) is 11.2. The summed E-state index contributed by atoms with van der Waals surface area (Å²) in [6, 6.07) is 9.01. The van der Waals surface area contributed by atoms with E-state index in [1.807, 2.05) is 32.0 Å². The number of fused-ring (bicyclic) bond motifs is 1. The fraction of sp³-hybridized carbons (Fsp3) is 0.278. The number of rotatable bonds is 6. The van der Waals surface area contributed by atoms with Gasteiger partial charge in [0.15, 0.2) is 4.67 Å². The topological polar surface area (TPSA) is 64.6 Å². The number of hydrogen-bond donors (Lipinski definition) is 1. The van der Waals surface area contributed by atoms with Crippen molar-refractivity contribution >= 4 is 32.8 Å². The average molecular weight is 392 g/mol. The van der Waals surface area contributed by atoms with E-state index in [0.29, 0.717) is 34.5 Å². The lowest BCUT2D eigenvalue weighted by molar-refractivity contribution is 0.0953. The molecule has 0 unspecified atom stereocenters. The molecule has 0 atom stereocenters. The zero-order valence-electron chi connectivity index (χ0n) is 13.5. The van der Waals surface area contributed by atoms with E-state index in [-0.39, 0.29) is 12.0 Å². The Hall–Kier alpha value is -2.21. The molecule has 0 bridgehead atoms. The Morgan fingerprint density at radius 1 is 1.33 bits per heavy atom. The van der Waals surface area contributed by atoms with Crippen LogP contribution in [-0.4, -0.2) is 18.6 Å². The van der Waals surface area contributed by atoms with E-state index in [9.17, 15) is 4.79 Å². The van der Waals surface area contributed by atoms with Gasteiger partial charge in [0.1, 0.15) is 17.1 Å². The van der Waals surface area contributed by atoms with E-state index in [1.165, 1.54) is 0 Å². The fourth-order valence-corrected chi connectivity index (χ4v) is 2.82. The van der Waals surface area contributed by atoms with Crippen molar-refractivity contribution < 1.29 is 18.4 Å². The van der Waals surface area contributed by atoms with Crippen LogP contribution >= 0.6 is 15.9 Å². The summed E-state index contributed by atoms with van der Waals surface area (Å²) in [6.45, 7) is 4.38. The second-order valence-corrected chi connectivity index (χ2v) is 6.47. The average Bonchev–Trinajstić information content (AvgIpc) is 3.15. The molecule has 1 amide bonds. The lowest BCUT2D eigenvalue weighted by Crippen LogP contribution is -2.25. The van der Waals surface area contributed by atoms with Crippen molar-refractivity contribution in [2.45, 2.75) is 26.4 Å². The summed E-state index contributed by atoms with van der Waals surface area (Å²) in [7, 11) is 0. The number of halogens is 1. The Kier molecular flexibility index (Phi) is 4.94. The molecule has 0 spiro atoms. The zero-order chi connectivity index (χ0) is 17.1. The number of ether oxygens (including phenoxy) is 1. The standard InChI is InChI=1S/C18H18BrNO4/c1-11(2)23-15-8-12(9-16-14(15)10-17(19)24-16)18(21)20-6-5-13-4-3-7-22-13/h3-4,7-11H,5-6H2,1-2H3,(H,20,21). The molecule has 24 heavy (non-hydrogen) atoms.